The van der Waals surface area contributed by atoms with Gasteiger partial charge in [-0.05, 0) is 79.5 Å². The van der Waals surface area contributed by atoms with Crippen molar-refractivity contribution < 1.29 is 15.3 Å². The van der Waals surface area contributed by atoms with Crippen molar-refractivity contribution in [1.29, 1.82) is 0 Å². The lowest BCUT2D eigenvalue weighted by Gasteiger charge is -2.52. The minimum atomic E-state index is -0.958. The smallest absolute Gasteiger partial charge is 0.131 e. The molecular weight excluding hydrogens is 300 g/mol. The van der Waals surface area contributed by atoms with Gasteiger partial charge in [0.05, 0.1) is 0 Å². The Morgan fingerprint density at radius 1 is 1.21 bits per heavy atom. The van der Waals surface area contributed by atoms with Crippen LogP contribution in [0.1, 0.15) is 56.1 Å². The van der Waals surface area contributed by atoms with E-state index in [1.54, 1.807) is 0 Å². The van der Waals surface area contributed by atoms with Gasteiger partial charge in [-0.1, -0.05) is 24.8 Å². The molecule has 2 saturated carbocycles. The average molecular weight is 326 g/mol. The lowest BCUT2D eigenvalue weighted by Crippen LogP contribution is -2.50. The Balaban J connectivity index is 1.68. The highest BCUT2D eigenvalue weighted by molar-refractivity contribution is 5.40. The van der Waals surface area contributed by atoms with E-state index in [9.17, 15) is 10.2 Å². The SMILES string of the molecule is C[C@]12CC[C@@H]3c4ccc(O)cc4CC[C@H]3[C@@H]1CC[C@@]2(O)C#CCO. The summed E-state index contributed by atoms with van der Waals surface area (Å²) in [4.78, 5) is 0. The summed E-state index contributed by atoms with van der Waals surface area (Å²) in [6.07, 6.45) is 5.91. The molecule has 0 aliphatic heterocycles. The second-order valence-corrected chi connectivity index (χ2v) is 8.11. The molecule has 0 heterocycles. The Hall–Kier alpha value is -1.50. The number of aliphatic hydroxyl groups is 2. The fourth-order valence-corrected chi connectivity index (χ4v) is 5.98. The van der Waals surface area contributed by atoms with Crippen LogP contribution >= 0.6 is 0 Å². The van der Waals surface area contributed by atoms with Crippen molar-refractivity contribution in [2.24, 2.45) is 17.3 Å². The van der Waals surface area contributed by atoms with Crippen LogP contribution in [-0.2, 0) is 6.42 Å². The summed E-state index contributed by atoms with van der Waals surface area (Å²) in [6, 6.07) is 5.85. The zero-order chi connectivity index (χ0) is 16.9. The molecule has 5 atom stereocenters. The molecule has 0 amide bonds. The van der Waals surface area contributed by atoms with E-state index in [-0.39, 0.29) is 12.0 Å². The molecular formula is C21H26O3. The molecule has 0 unspecified atom stereocenters. The van der Waals surface area contributed by atoms with Gasteiger partial charge in [0.15, 0.2) is 0 Å². The second kappa shape index (κ2) is 5.51. The van der Waals surface area contributed by atoms with E-state index in [0.29, 0.717) is 29.9 Å². The molecule has 3 heteroatoms. The number of hydrogen-bond donors (Lipinski definition) is 3. The number of aromatic hydroxyl groups is 1. The maximum Gasteiger partial charge on any atom is 0.131 e. The fourth-order valence-electron chi connectivity index (χ4n) is 5.98. The van der Waals surface area contributed by atoms with Crippen molar-refractivity contribution >= 4 is 0 Å². The van der Waals surface area contributed by atoms with Gasteiger partial charge in [0.25, 0.3) is 0 Å². The minimum absolute atomic E-state index is 0.176. The van der Waals surface area contributed by atoms with Gasteiger partial charge in [-0.15, -0.1) is 0 Å². The molecule has 0 bridgehead atoms. The number of hydrogen-bond acceptors (Lipinski definition) is 3. The number of aryl methyl sites for hydroxylation is 1. The van der Waals surface area contributed by atoms with E-state index in [4.69, 9.17) is 5.11 Å². The van der Waals surface area contributed by atoms with Gasteiger partial charge in [-0.2, -0.15) is 0 Å². The summed E-state index contributed by atoms with van der Waals surface area (Å²) in [5, 5.41) is 30.0. The van der Waals surface area contributed by atoms with E-state index in [1.165, 1.54) is 11.1 Å². The summed E-state index contributed by atoms with van der Waals surface area (Å²) < 4.78 is 0. The first-order valence-corrected chi connectivity index (χ1v) is 9.13. The molecule has 3 aliphatic rings. The van der Waals surface area contributed by atoms with Crippen LogP contribution in [0.5, 0.6) is 5.75 Å². The van der Waals surface area contributed by atoms with Crippen LogP contribution in [0.25, 0.3) is 0 Å². The van der Waals surface area contributed by atoms with Crippen LogP contribution in [-0.4, -0.2) is 27.5 Å². The van der Waals surface area contributed by atoms with Crippen LogP contribution in [0.4, 0.5) is 0 Å². The number of phenolic OH excluding ortho intramolecular Hbond substituents is 1. The molecule has 1 aromatic carbocycles. The molecule has 2 fully saturated rings. The van der Waals surface area contributed by atoms with E-state index >= 15 is 0 Å². The molecule has 1 aromatic rings. The lowest BCUT2D eigenvalue weighted by atomic mass is 9.53. The predicted octanol–water partition coefficient (Wildman–Crippen LogP) is 2.98. The highest BCUT2D eigenvalue weighted by atomic mass is 16.3. The zero-order valence-corrected chi connectivity index (χ0v) is 14.3. The molecule has 4 rings (SSSR count). The Labute approximate surface area is 143 Å². The molecule has 3 aliphatic carbocycles. The first-order valence-electron chi connectivity index (χ1n) is 9.13. The first-order chi connectivity index (χ1) is 11.5. The van der Waals surface area contributed by atoms with Crippen molar-refractivity contribution in [2.45, 2.75) is 57.0 Å². The summed E-state index contributed by atoms with van der Waals surface area (Å²) in [5.74, 6) is 7.68. The standard InChI is InChI=1S/C21H26O3/c1-20-10-7-17-16-6-4-15(23)13-14(16)3-5-18(17)19(20)8-11-21(20,24)9-2-12-22/h4,6,13,17-19,22-24H,3,5,7-8,10-12H2,1H3/t17-,18-,19+,20+,21+/m1/s1. The Bertz CT molecular complexity index is 716. The zero-order valence-electron chi connectivity index (χ0n) is 14.3. The van der Waals surface area contributed by atoms with Crippen molar-refractivity contribution in [3.05, 3.63) is 29.3 Å². The molecule has 0 saturated heterocycles. The van der Waals surface area contributed by atoms with Crippen molar-refractivity contribution in [3.8, 4) is 17.6 Å². The van der Waals surface area contributed by atoms with Crippen molar-refractivity contribution in [2.75, 3.05) is 6.61 Å². The van der Waals surface area contributed by atoms with Crippen LogP contribution in [0.15, 0.2) is 18.2 Å². The van der Waals surface area contributed by atoms with E-state index in [1.807, 2.05) is 12.1 Å². The minimum Gasteiger partial charge on any atom is -0.508 e. The summed E-state index contributed by atoms with van der Waals surface area (Å²) in [6.45, 7) is 2.02. The number of phenols is 1. The van der Waals surface area contributed by atoms with Crippen molar-refractivity contribution in [3.63, 3.8) is 0 Å². The maximum absolute atomic E-state index is 11.2. The molecule has 128 valence electrons. The third-order valence-electron chi connectivity index (χ3n) is 7.24. The number of fused-ring (bicyclic) bond motifs is 5. The molecule has 0 spiro atoms. The van der Waals surface area contributed by atoms with Gasteiger partial charge in [-0.3, -0.25) is 0 Å². The van der Waals surface area contributed by atoms with Crippen LogP contribution in [0, 0.1) is 29.1 Å². The molecule has 3 nitrogen and oxygen atoms in total. The van der Waals surface area contributed by atoms with Crippen molar-refractivity contribution in [1.82, 2.24) is 0 Å². The summed E-state index contributed by atoms with van der Waals surface area (Å²) in [7, 11) is 0. The third-order valence-corrected chi connectivity index (χ3v) is 7.24. The molecule has 3 N–H and O–H groups in total. The number of rotatable bonds is 0. The third kappa shape index (κ3) is 2.13. The second-order valence-electron chi connectivity index (χ2n) is 8.11. The fraction of sp³-hybridized carbons (Fsp3) is 0.619. The Morgan fingerprint density at radius 2 is 2.04 bits per heavy atom. The normalized spacial score (nSPS) is 40.0. The molecule has 0 aromatic heterocycles. The Kier molecular flexibility index (Phi) is 3.67. The highest BCUT2D eigenvalue weighted by Gasteiger charge is 2.61. The Morgan fingerprint density at radius 3 is 2.83 bits per heavy atom. The molecule has 24 heavy (non-hydrogen) atoms. The van der Waals surface area contributed by atoms with Gasteiger partial charge in [0, 0.05) is 5.41 Å². The van der Waals surface area contributed by atoms with E-state index < -0.39 is 5.60 Å². The first kappa shape index (κ1) is 16.0. The monoisotopic (exact) mass is 326 g/mol. The molecule has 0 radical (unpaired) electrons. The van der Waals surface area contributed by atoms with Crippen LogP contribution < -0.4 is 0 Å². The van der Waals surface area contributed by atoms with Gasteiger partial charge >= 0.3 is 0 Å². The maximum atomic E-state index is 11.2. The lowest BCUT2D eigenvalue weighted by molar-refractivity contribution is -0.0648. The van der Waals surface area contributed by atoms with E-state index in [0.717, 1.165) is 32.1 Å². The average Bonchev–Trinajstić information content (AvgIpc) is 2.84. The topological polar surface area (TPSA) is 60.7 Å². The van der Waals surface area contributed by atoms with E-state index in [2.05, 4.69) is 24.8 Å². The van der Waals surface area contributed by atoms with Gasteiger partial charge in [0.2, 0.25) is 0 Å². The summed E-state index contributed by atoms with van der Waals surface area (Å²) >= 11 is 0. The van der Waals surface area contributed by atoms with Gasteiger partial charge < -0.3 is 15.3 Å². The quantitative estimate of drug-likeness (QED) is 0.642. The summed E-state index contributed by atoms with van der Waals surface area (Å²) in [5.41, 5.74) is 1.57. The predicted molar refractivity (Wildman–Crippen MR) is 92.5 cm³/mol. The number of aliphatic hydroxyl groups excluding tert-OH is 1. The largest absolute Gasteiger partial charge is 0.508 e. The highest BCUT2D eigenvalue weighted by Crippen LogP contribution is 2.64. The van der Waals surface area contributed by atoms with Crippen LogP contribution in [0.3, 0.4) is 0 Å². The number of benzene rings is 1. The van der Waals surface area contributed by atoms with Gasteiger partial charge in [0.1, 0.15) is 18.0 Å². The van der Waals surface area contributed by atoms with Gasteiger partial charge in [-0.25, -0.2) is 0 Å². The van der Waals surface area contributed by atoms with Crippen LogP contribution in [0.2, 0.25) is 0 Å².